The Labute approximate surface area is 97.0 Å². The van der Waals surface area contributed by atoms with Gasteiger partial charge in [-0.1, -0.05) is 0 Å². The molecule has 0 N–H and O–H groups in total. The molecule has 0 saturated carbocycles. The van der Waals surface area contributed by atoms with Crippen LogP contribution in [0.3, 0.4) is 0 Å². The molecule has 0 aromatic carbocycles. The number of ether oxygens (including phenoxy) is 3. The molecule has 2 atom stereocenters. The first kappa shape index (κ1) is 12.3. The van der Waals surface area contributed by atoms with Crippen LogP contribution >= 0.6 is 0 Å². The quantitative estimate of drug-likeness (QED) is 0.685. The zero-order valence-corrected chi connectivity index (χ0v) is 10.1. The largest absolute Gasteiger partial charge is 0.358 e. The molecule has 2 rings (SSSR count). The summed E-state index contributed by atoms with van der Waals surface area (Å²) in [5.41, 5.74) is -0.266. The van der Waals surface area contributed by atoms with Crippen LogP contribution in [0, 0.1) is 0 Å². The van der Waals surface area contributed by atoms with E-state index in [0.29, 0.717) is 19.8 Å². The van der Waals surface area contributed by atoms with Gasteiger partial charge < -0.3 is 14.2 Å². The second-order valence-corrected chi connectivity index (χ2v) is 4.33. The van der Waals surface area contributed by atoms with E-state index < -0.39 is 0 Å². The molecule has 2 aliphatic rings. The van der Waals surface area contributed by atoms with Crippen LogP contribution in [0.25, 0.3) is 0 Å². The fraction of sp³-hybridized carbons (Fsp3) is 1.00. The molecule has 0 aliphatic carbocycles. The van der Waals surface area contributed by atoms with Crippen molar-refractivity contribution in [2.24, 2.45) is 0 Å². The lowest BCUT2D eigenvalue weighted by Gasteiger charge is -2.46. The van der Waals surface area contributed by atoms with E-state index in [0.717, 1.165) is 26.2 Å². The summed E-state index contributed by atoms with van der Waals surface area (Å²) >= 11 is 0. The summed E-state index contributed by atoms with van der Waals surface area (Å²) in [6.07, 6.45) is -0.124. The van der Waals surface area contributed by atoms with Crippen molar-refractivity contribution in [3.63, 3.8) is 0 Å². The van der Waals surface area contributed by atoms with Crippen LogP contribution in [-0.2, 0) is 14.2 Å². The summed E-state index contributed by atoms with van der Waals surface area (Å²) in [6, 6.07) is 0. The van der Waals surface area contributed by atoms with Gasteiger partial charge in [0.15, 0.2) is 6.29 Å². The Bertz CT molecular complexity index is 217. The van der Waals surface area contributed by atoms with Crippen molar-refractivity contribution in [3.05, 3.63) is 0 Å². The summed E-state index contributed by atoms with van der Waals surface area (Å²) in [5, 5.41) is 4.43. The van der Waals surface area contributed by atoms with E-state index in [1.165, 1.54) is 0 Å². The van der Waals surface area contributed by atoms with Crippen LogP contribution < -0.4 is 5.32 Å². The second kappa shape index (κ2) is 5.42. The van der Waals surface area contributed by atoms with Crippen molar-refractivity contribution in [1.29, 1.82) is 0 Å². The molecule has 0 aromatic rings. The highest BCUT2D eigenvalue weighted by molar-refractivity contribution is 4.84. The van der Waals surface area contributed by atoms with Gasteiger partial charge in [0.2, 0.25) is 0 Å². The summed E-state index contributed by atoms with van der Waals surface area (Å²) in [7, 11) is 0. The van der Waals surface area contributed by atoms with Gasteiger partial charge in [0, 0.05) is 19.7 Å². The van der Waals surface area contributed by atoms with Crippen molar-refractivity contribution >= 4 is 0 Å². The molecule has 0 aromatic heterocycles. The molecular formula is C11H21N2O3. The molecule has 5 heteroatoms. The molecule has 2 aliphatic heterocycles. The molecular weight excluding hydrogens is 208 g/mol. The van der Waals surface area contributed by atoms with Crippen LogP contribution in [-0.4, -0.2) is 62.9 Å². The van der Waals surface area contributed by atoms with Gasteiger partial charge in [0.1, 0.15) is 5.72 Å². The van der Waals surface area contributed by atoms with Crippen LogP contribution in [0.1, 0.15) is 13.8 Å². The third-order valence-corrected chi connectivity index (χ3v) is 3.12. The third kappa shape index (κ3) is 2.73. The fourth-order valence-corrected chi connectivity index (χ4v) is 2.19. The summed E-state index contributed by atoms with van der Waals surface area (Å²) in [5.74, 6) is 0. The molecule has 16 heavy (non-hydrogen) atoms. The Morgan fingerprint density at radius 1 is 1.50 bits per heavy atom. The summed E-state index contributed by atoms with van der Waals surface area (Å²) in [6.45, 7) is 9.38. The maximum absolute atomic E-state index is 5.85. The van der Waals surface area contributed by atoms with Gasteiger partial charge >= 0.3 is 0 Å². The molecule has 0 bridgehead atoms. The first-order valence-electron chi connectivity index (χ1n) is 6.00. The van der Waals surface area contributed by atoms with Crippen LogP contribution in [0.15, 0.2) is 0 Å². The van der Waals surface area contributed by atoms with E-state index >= 15 is 0 Å². The third-order valence-electron chi connectivity index (χ3n) is 3.12. The van der Waals surface area contributed by atoms with Crippen molar-refractivity contribution < 1.29 is 14.2 Å². The topological polar surface area (TPSA) is 45.0 Å². The summed E-state index contributed by atoms with van der Waals surface area (Å²) in [4.78, 5) is 2.28. The smallest absolute Gasteiger partial charge is 0.170 e. The van der Waals surface area contributed by atoms with Gasteiger partial charge in [0.25, 0.3) is 0 Å². The average Bonchev–Trinajstić information content (AvgIpc) is 2.31. The Kier molecular flexibility index (Phi) is 4.16. The second-order valence-electron chi connectivity index (χ2n) is 4.33. The number of hydrogen-bond donors (Lipinski definition) is 0. The zero-order valence-electron chi connectivity index (χ0n) is 10.1. The molecule has 2 unspecified atom stereocenters. The van der Waals surface area contributed by atoms with Crippen LogP contribution in [0.2, 0.25) is 0 Å². The summed E-state index contributed by atoms with van der Waals surface area (Å²) < 4.78 is 16.9. The lowest BCUT2D eigenvalue weighted by molar-refractivity contribution is -0.237. The lowest BCUT2D eigenvalue weighted by atomic mass is 10.1. The first-order valence-corrected chi connectivity index (χ1v) is 6.00. The van der Waals surface area contributed by atoms with Gasteiger partial charge in [-0.2, -0.15) is 0 Å². The van der Waals surface area contributed by atoms with Gasteiger partial charge in [-0.3, -0.25) is 4.90 Å². The molecule has 2 heterocycles. The van der Waals surface area contributed by atoms with E-state index in [9.17, 15) is 0 Å². The van der Waals surface area contributed by atoms with E-state index in [1.807, 2.05) is 6.92 Å². The molecule has 93 valence electrons. The average molecular weight is 229 g/mol. The predicted molar refractivity (Wildman–Crippen MR) is 59.2 cm³/mol. The predicted octanol–water partition coefficient (Wildman–Crippen LogP) is 0.0320. The molecule has 2 saturated heterocycles. The number of hydrogen-bond acceptors (Lipinski definition) is 4. The van der Waals surface area contributed by atoms with E-state index in [1.54, 1.807) is 0 Å². The Morgan fingerprint density at radius 3 is 3.06 bits per heavy atom. The minimum atomic E-state index is -0.266. The Hall–Kier alpha value is -0.200. The van der Waals surface area contributed by atoms with Crippen molar-refractivity contribution in [2.45, 2.75) is 25.9 Å². The number of rotatable bonds is 3. The zero-order chi connectivity index (χ0) is 11.4. The number of nitrogens with zero attached hydrogens (tertiary/aromatic N) is 2. The van der Waals surface area contributed by atoms with Crippen LogP contribution in [0.4, 0.5) is 0 Å². The highest BCUT2D eigenvalue weighted by Crippen LogP contribution is 2.22. The lowest BCUT2D eigenvalue weighted by Crippen LogP contribution is -2.61. The molecule has 0 amide bonds. The van der Waals surface area contributed by atoms with E-state index in [2.05, 4.69) is 17.1 Å². The fourth-order valence-electron chi connectivity index (χ4n) is 2.19. The molecule has 0 spiro atoms. The van der Waals surface area contributed by atoms with Gasteiger partial charge in [-0.15, -0.1) is 0 Å². The highest BCUT2D eigenvalue weighted by atomic mass is 16.7. The Morgan fingerprint density at radius 2 is 2.38 bits per heavy atom. The normalized spacial score (nSPS) is 37.5. The van der Waals surface area contributed by atoms with E-state index in [-0.39, 0.29) is 12.0 Å². The maximum atomic E-state index is 5.85. The molecule has 2 fully saturated rings. The number of morpholine rings is 2. The minimum Gasteiger partial charge on any atom is -0.358 e. The van der Waals surface area contributed by atoms with E-state index in [4.69, 9.17) is 14.2 Å². The van der Waals surface area contributed by atoms with Gasteiger partial charge in [0.05, 0.1) is 26.3 Å². The van der Waals surface area contributed by atoms with Gasteiger partial charge in [-0.05, 0) is 13.8 Å². The van der Waals surface area contributed by atoms with Gasteiger partial charge in [-0.25, -0.2) is 5.32 Å². The van der Waals surface area contributed by atoms with Crippen molar-refractivity contribution in [1.82, 2.24) is 10.2 Å². The minimum absolute atomic E-state index is 0.124. The van der Waals surface area contributed by atoms with Crippen LogP contribution in [0.5, 0.6) is 0 Å². The maximum Gasteiger partial charge on any atom is 0.170 e. The first-order chi connectivity index (χ1) is 7.74. The Balaban J connectivity index is 1.92. The highest BCUT2D eigenvalue weighted by Gasteiger charge is 2.38. The molecule has 1 radical (unpaired) electrons. The van der Waals surface area contributed by atoms with Crippen molar-refractivity contribution in [3.8, 4) is 0 Å². The standard InChI is InChI=1S/C11H21N2O3/c1-3-14-10-8-13(5-7-15-10)11(2)9-12-4-6-16-11/h10H,3-9H2,1-2H3. The van der Waals surface area contributed by atoms with Crippen molar-refractivity contribution in [2.75, 3.05) is 46.0 Å². The monoisotopic (exact) mass is 229 g/mol. The molecule has 5 nitrogen and oxygen atoms in total. The SMILES string of the molecule is CCOC1CN(C2(C)C[N]CCO2)CCO1.